The highest BCUT2D eigenvalue weighted by molar-refractivity contribution is 6.18. The third kappa shape index (κ3) is 4.74. The van der Waals surface area contributed by atoms with Crippen molar-refractivity contribution in [1.29, 1.82) is 0 Å². The Labute approximate surface area is 145 Å². The van der Waals surface area contributed by atoms with Crippen molar-refractivity contribution in [3.63, 3.8) is 0 Å². The van der Waals surface area contributed by atoms with Crippen LogP contribution < -0.4 is 16.2 Å². The first-order valence-electron chi connectivity index (χ1n) is 7.07. The first kappa shape index (κ1) is 17.4. The maximum atomic E-state index is 5.86. The third-order valence-electron chi connectivity index (χ3n) is 3.22. The molecule has 0 aliphatic rings. The van der Waals surface area contributed by atoms with Crippen molar-refractivity contribution in [3.05, 3.63) is 35.7 Å². The Hall–Kier alpha value is -1.99. The zero-order chi connectivity index (χ0) is 16.7. The van der Waals surface area contributed by atoms with E-state index in [1.807, 2.05) is 25.1 Å². The molecule has 0 aliphatic heterocycles. The Morgan fingerprint density at radius 1 is 1.35 bits per heavy atom. The van der Waals surface area contributed by atoms with Crippen LogP contribution in [0.1, 0.15) is 11.1 Å². The minimum atomic E-state index is 0.366. The molecule has 2 aromatic rings. The molecule has 0 bridgehead atoms. The van der Waals surface area contributed by atoms with Crippen LogP contribution >= 0.6 is 23.2 Å². The van der Waals surface area contributed by atoms with Crippen molar-refractivity contribution in [2.75, 3.05) is 41.0 Å². The van der Waals surface area contributed by atoms with Crippen LogP contribution in [0.15, 0.2) is 29.6 Å². The lowest BCUT2D eigenvalue weighted by molar-refractivity contribution is 0.869. The van der Waals surface area contributed by atoms with E-state index in [9.17, 15) is 0 Å². The smallest absolute Gasteiger partial charge is 0.263 e. The molecule has 23 heavy (non-hydrogen) atoms. The van der Waals surface area contributed by atoms with E-state index < -0.39 is 0 Å². The van der Waals surface area contributed by atoms with Crippen LogP contribution in [0.25, 0.3) is 0 Å². The first-order chi connectivity index (χ1) is 11.2. The van der Waals surface area contributed by atoms with Gasteiger partial charge >= 0.3 is 0 Å². The number of hydrogen-bond acceptors (Lipinski definition) is 6. The van der Waals surface area contributed by atoms with Gasteiger partial charge in [-0.25, -0.2) is 10.1 Å². The second-order valence-corrected chi connectivity index (χ2v) is 5.60. The van der Waals surface area contributed by atoms with Crippen LogP contribution in [-0.2, 0) is 0 Å². The van der Waals surface area contributed by atoms with Gasteiger partial charge in [-0.05, 0) is 30.2 Å². The number of alkyl halides is 2. The molecule has 2 rings (SSSR count). The summed E-state index contributed by atoms with van der Waals surface area (Å²) in [5, 5.41) is 11.5. The fourth-order valence-corrected chi connectivity index (χ4v) is 2.57. The molecule has 3 N–H and O–H groups in total. The van der Waals surface area contributed by atoms with Gasteiger partial charge in [0.15, 0.2) is 0 Å². The highest BCUT2D eigenvalue weighted by atomic mass is 35.5. The monoisotopic (exact) mass is 355 g/mol. The van der Waals surface area contributed by atoms with Crippen molar-refractivity contribution < 1.29 is 0 Å². The van der Waals surface area contributed by atoms with Gasteiger partial charge in [-0.15, -0.1) is 33.4 Å². The second-order valence-electron chi connectivity index (χ2n) is 4.84. The first-order valence-corrected chi connectivity index (χ1v) is 8.14. The van der Waals surface area contributed by atoms with E-state index >= 15 is 0 Å². The minimum Gasteiger partial charge on any atom is -0.369 e. The second kappa shape index (κ2) is 8.59. The Kier molecular flexibility index (Phi) is 6.49. The fraction of sp³-hybridized carbons (Fsp3) is 0.357. The predicted octanol–water partition coefficient (Wildman–Crippen LogP) is 2.03. The fourth-order valence-electron chi connectivity index (χ4n) is 2.16. The normalized spacial score (nSPS) is 11.1. The van der Waals surface area contributed by atoms with Crippen LogP contribution in [0.2, 0.25) is 0 Å². The summed E-state index contributed by atoms with van der Waals surface area (Å²) in [7, 11) is 0. The van der Waals surface area contributed by atoms with Crippen LogP contribution in [0.3, 0.4) is 0 Å². The summed E-state index contributed by atoms with van der Waals surface area (Å²) in [6.45, 7) is 3.57. The summed E-state index contributed by atoms with van der Waals surface area (Å²) >= 11 is 11.7. The Balaban J connectivity index is 2.07. The molecular weight excluding hydrogens is 337 g/mol. The molecular formula is C14H19Cl2N7. The number of benzene rings is 1. The van der Waals surface area contributed by atoms with Gasteiger partial charge in [0.2, 0.25) is 0 Å². The lowest BCUT2D eigenvalue weighted by atomic mass is 10.1. The van der Waals surface area contributed by atoms with Crippen LogP contribution in [0.5, 0.6) is 0 Å². The molecule has 0 spiro atoms. The van der Waals surface area contributed by atoms with E-state index in [1.54, 1.807) is 6.21 Å². The zero-order valence-corrected chi connectivity index (χ0v) is 14.3. The predicted molar refractivity (Wildman–Crippen MR) is 96.2 cm³/mol. The number of hydrazone groups is 1. The van der Waals surface area contributed by atoms with Crippen molar-refractivity contribution in [1.82, 2.24) is 14.9 Å². The van der Waals surface area contributed by atoms with Gasteiger partial charge in [-0.1, -0.05) is 6.07 Å². The Morgan fingerprint density at radius 2 is 2.09 bits per heavy atom. The molecule has 0 atom stereocenters. The molecule has 0 saturated heterocycles. The SMILES string of the molecule is Cc1cc(/C=N\Nc2nncn2N)ccc1N(CCCl)CCCl. The van der Waals surface area contributed by atoms with Gasteiger partial charge in [0, 0.05) is 30.5 Å². The van der Waals surface area contributed by atoms with Gasteiger partial charge in [-0.2, -0.15) is 5.10 Å². The number of anilines is 2. The summed E-state index contributed by atoms with van der Waals surface area (Å²) in [5.41, 5.74) is 5.94. The number of aryl methyl sites for hydroxylation is 1. The molecule has 0 fully saturated rings. The molecule has 0 amide bonds. The van der Waals surface area contributed by atoms with Gasteiger partial charge < -0.3 is 10.7 Å². The zero-order valence-electron chi connectivity index (χ0n) is 12.8. The number of nitrogens with one attached hydrogen (secondary N) is 1. The average molecular weight is 356 g/mol. The van der Waals surface area contributed by atoms with Crippen molar-refractivity contribution in [3.8, 4) is 0 Å². The van der Waals surface area contributed by atoms with E-state index in [0.29, 0.717) is 17.7 Å². The van der Waals surface area contributed by atoms with Crippen LogP contribution in [0, 0.1) is 6.92 Å². The number of nitrogen functional groups attached to an aromatic ring is 1. The van der Waals surface area contributed by atoms with Crippen molar-refractivity contribution in [2.45, 2.75) is 6.92 Å². The molecule has 1 aromatic heterocycles. The van der Waals surface area contributed by atoms with Gasteiger partial charge in [-0.3, -0.25) is 0 Å². The maximum absolute atomic E-state index is 5.86. The van der Waals surface area contributed by atoms with Gasteiger partial charge in [0.05, 0.1) is 6.21 Å². The van der Waals surface area contributed by atoms with Crippen molar-refractivity contribution >= 4 is 41.1 Å². The number of rotatable bonds is 8. The highest BCUT2D eigenvalue weighted by Gasteiger charge is 2.08. The number of aromatic nitrogens is 3. The van der Waals surface area contributed by atoms with E-state index in [-0.39, 0.29) is 0 Å². The summed E-state index contributed by atoms with van der Waals surface area (Å²) in [5.74, 6) is 7.07. The van der Waals surface area contributed by atoms with E-state index in [4.69, 9.17) is 29.0 Å². The van der Waals surface area contributed by atoms with Gasteiger partial charge in [0.25, 0.3) is 5.95 Å². The highest BCUT2D eigenvalue weighted by Crippen LogP contribution is 2.21. The van der Waals surface area contributed by atoms with E-state index in [1.165, 1.54) is 11.0 Å². The number of nitrogens with zero attached hydrogens (tertiary/aromatic N) is 5. The Morgan fingerprint density at radius 3 is 2.65 bits per heavy atom. The largest absolute Gasteiger partial charge is 0.369 e. The topological polar surface area (TPSA) is 84.4 Å². The molecule has 1 aromatic carbocycles. The molecule has 0 aliphatic carbocycles. The molecule has 0 unspecified atom stereocenters. The lowest BCUT2D eigenvalue weighted by Crippen LogP contribution is -2.28. The van der Waals surface area contributed by atoms with E-state index in [2.05, 4.69) is 25.6 Å². The third-order valence-corrected chi connectivity index (χ3v) is 3.56. The lowest BCUT2D eigenvalue weighted by Gasteiger charge is -2.24. The summed E-state index contributed by atoms with van der Waals surface area (Å²) in [6, 6.07) is 6.07. The number of halogens is 2. The molecule has 7 nitrogen and oxygen atoms in total. The van der Waals surface area contributed by atoms with Crippen LogP contribution in [-0.4, -0.2) is 45.9 Å². The van der Waals surface area contributed by atoms with Crippen LogP contribution in [0.4, 0.5) is 11.6 Å². The van der Waals surface area contributed by atoms with E-state index in [0.717, 1.165) is 29.9 Å². The summed E-state index contributed by atoms with van der Waals surface area (Å²) in [4.78, 5) is 2.17. The Bertz CT molecular complexity index is 650. The quantitative estimate of drug-likeness (QED) is 0.327. The maximum Gasteiger partial charge on any atom is 0.263 e. The summed E-state index contributed by atoms with van der Waals surface area (Å²) in [6.07, 6.45) is 3.08. The number of hydrogen-bond donors (Lipinski definition) is 2. The summed E-state index contributed by atoms with van der Waals surface area (Å²) < 4.78 is 1.25. The van der Waals surface area contributed by atoms with Crippen molar-refractivity contribution in [2.24, 2.45) is 5.10 Å². The molecule has 0 radical (unpaired) electrons. The molecule has 124 valence electrons. The molecule has 1 heterocycles. The number of nitrogens with two attached hydrogens (primary N) is 1. The molecule has 9 heteroatoms. The van der Waals surface area contributed by atoms with Gasteiger partial charge in [0.1, 0.15) is 6.33 Å². The molecule has 0 saturated carbocycles. The standard InChI is InChI=1S/C14H19Cl2N7/c1-11-8-12(9-18-20-14-21-19-10-23(14)17)2-3-13(11)22(6-4-15)7-5-16/h2-3,8-10H,4-7,17H2,1H3,(H,20,21)/b18-9-. The average Bonchev–Trinajstić information content (AvgIpc) is 2.93. The minimum absolute atomic E-state index is 0.366.